The zero-order valence-corrected chi connectivity index (χ0v) is 8.49. The fraction of sp³-hybridized carbons (Fsp3) is 0.750. The molecule has 0 bridgehead atoms. The lowest BCUT2D eigenvalue weighted by atomic mass is 10.6. The van der Waals surface area contributed by atoms with Crippen molar-refractivity contribution in [2.75, 3.05) is 5.75 Å². The van der Waals surface area contributed by atoms with E-state index in [1.54, 1.807) is 0 Å². The fourth-order valence-corrected chi connectivity index (χ4v) is 3.35. The van der Waals surface area contributed by atoms with E-state index in [0.29, 0.717) is 0 Å². The van der Waals surface area contributed by atoms with Crippen LogP contribution in [0, 0.1) is 0 Å². The van der Waals surface area contributed by atoms with Crippen LogP contribution in [-0.4, -0.2) is 33.5 Å². The van der Waals surface area contributed by atoms with E-state index in [1.165, 1.54) is 6.92 Å². The summed E-state index contributed by atoms with van der Waals surface area (Å²) in [6.45, 7) is 1.52. The minimum absolute atomic E-state index is 0.182. The average molecular weight is 228 g/mol. The largest absolute Gasteiger partial charge is 0.490 e. The molecule has 0 spiro atoms. The summed E-state index contributed by atoms with van der Waals surface area (Å²) in [5, 5.41) is 0. The monoisotopic (exact) mass is 228 g/mol. The highest BCUT2D eigenvalue weighted by Gasteiger charge is 2.44. The zero-order chi connectivity index (χ0) is 10.7. The molecule has 0 unspecified atom stereocenters. The van der Waals surface area contributed by atoms with Crippen molar-refractivity contribution in [2.45, 2.75) is 13.3 Å². The lowest BCUT2D eigenvalue weighted by Gasteiger charge is -1.98. The van der Waals surface area contributed by atoms with Crippen LogP contribution in [0.5, 0.6) is 0 Å². The van der Waals surface area contributed by atoms with Crippen molar-refractivity contribution in [3.8, 4) is 0 Å². The highest BCUT2D eigenvalue weighted by atomic mass is 32.2. The standard InChI is InChI=1S/C4H9N2O5PS/c1-2-3-13(10,11)4(6-5)12(7,8)9/h2-3H2,1H3,(H2,7,8,9). The van der Waals surface area contributed by atoms with Gasteiger partial charge in [0.05, 0.1) is 5.75 Å². The smallest absolute Gasteiger partial charge is 0.360 e. The van der Waals surface area contributed by atoms with Crippen LogP contribution in [0.25, 0.3) is 5.53 Å². The molecule has 0 saturated heterocycles. The molecule has 0 aromatic heterocycles. The number of sulfone groups is 1. The van der Waals surface area contributed by atoms with Crippen LogP contribution in [-0.2, 0) is 14.4 Å². The highest BCUT2D eigenvalue weighted by Crippen LogP contribution is 2.38. The Labute approximate surface area is 75.1 Å². The number of rotatable bonds is 3. The molecule has 0 aliphatic carbocycles. The Morgan fingerprint density at radius 1 is 1.54 bits per heavy atom. The molecule has 0 amide bonds. The molecule has 0 fully saturated rings. The van der Waals surface area contributed by atoms with Gasteiger partial charge in [0.1, 0.15) is 0 Å². The van der Waals surface area contributed by atoms with Gasteiger partial charge >= 0.3 is 12.4 Å². The molecule has 7 nitrogen and oxygen atoms in total. The summed E-state index contributed by atoms with van der Waals surface area (Å²) in [5.74, 6) is -0.461. The molecule has 2 N–H and O–H groups in total. The van der Waals surface area contributed by atoms with Gasteiger partial charge < -0.3 is 15.3 Å². The summed E-state index contributed by atoms with van der Waals surface area (Å²) in [7, 11) is -9.16. The lowest BCUT2D eigenvalue weighted by Crippen LogP contribution is -2.19. The van der Waals surface area contributed by atoms with Gasteiger partial charge in [-0.1, -0.05) is 6.92 Å². The molecule has 0 aliphatic heterocycles. The minimum Gasteiger partial charge on any atom is -0.360 e. The van der Waals surface area contributed by atoms with Crippen LogP contribution in [0.2, 0.25) is 0 Å². The Morgan fingerprint density at radius 2 is 2.00 bits per heavy atom. The van der Waals surface area contributed by atoms with Crippen molar-refractivity contribution in [3.05, 3.63) is 5.53 Å². The van der Waals surface area contributed by atoms with Gasteiger partial charge in [-0.25, -0.2) is 13.0 Å². The van der Waals surface area contributed by atoms with Gasteiger partial charge in [0, 0.05) is 0 Å². The number of nitrogens with zero attached hydrogens (tertiary/aromatic N) is 2. The maximum Gasteiger partial charge on any atom is 0.490 e. The Kier molecular flexibility index (Phi) is 3.96. The highest BCUT2D eigenvalue weighted by molar-refractivity contribution is 8.19. The minimum atomic E-state index is -5.02. The molecule has 13 heavy (non-hydrogen) atoms. The van der Waals surface area contributed by atoms with E-state index in [4.69, 9.17) is 15.3 Å². The number of hydrogen-bond acceptors (Lipinski definition) is 3. The van der Waals surface area contributed by atoms with Gasteiger partial charge in [0.2, 0.25) is 0 Å². The molecule has 0 heterocycles. The first-order chi connectivity index (χ1) is 5.75. The second-order valence-electron chi connectivity index (χ2n) is 2.25. The molecule has 0 aliphatic rings. The van der Waals surface area contributed by atoms with Crippen molar-refractivity contribution in [1.82, 2.24) is 0 Å². The quantitative estimate of drug-likeness (QED) is 0.223. The first kappa shape index (κ1) is 12.5. The first-order valence-electron chi connectivity index (χ1n) is 3.26. The van der Waals surface area contributed by atoms with Crippen LogP contribution in [0.15, 0.2) is 0 Å². The number of hydrogen-bond donors (Lipinski definition) is 2. The summed E-state index contributed by atoms with van der Waals surface area (Å²) in [6, 6.07) is 0. The van der Waals surface area contributed by atoms with Crippen LogP contribution in [0.1, 0.15) is 13.3 Å². The summed E-state index contributed by atoms with van der Waals surface area (Å²) >= 11 is 0. The Morgan fingerprint density at radius 3 is 2.23 bits per heavy atom. The molecule has 0 rings (SSSR count). The second-order valence-corrected chi connectivity index (χ2v) is 6.08. The third-order valence-corrected chi connectivity index (χ3v) is 4.81. The lowest BCUT2D eigenvalue weighted by molar-refractivity contribution is 0.00179. The van der Waals surface area contributed by atoms with Gasteiger partial charge in [-0.3, -0.25) is 0 Å². The molecule has 76 valence electrons. The van der Waals surface area contributed by atoms with E-state index < -0.39 is 28.0 Å². The molecular formula is C4H9N2O5PS. The molecule has 0 aromatic carbocycles. The third-order valence-electron chi connectivity index (χ3n) is 1.09. The van der Waals surface area contributed by atoms with E-state index in [1.807, 2.05) is 0 Å². The van der Waals surface area contributed by atoms with Crippen LogP contribution < -0.4 is 0 Å². The van der Waals surface area contributed by atoms with Crippen molar-refractivity contribution < 1.29 is 27.6 Å². The third kappa shape index (κ3) is 3.38. The normalized spacial score (nSPS) is 12.2. The van der Waals surface area contributed by atoms with Gasteiger partial charge in [0.25, 0.3) is 9.84 Å². The Bertz CT molecular complexity index is 375. The topological polar surface area (TPSA) is 128 Å². The molecule has 0 atom stereocenters. The Hall–Kier alpha value is -0.520. The molecular weight excluding hydrogens is 219 g/mol. The van der Waals surface area contributed by atoms with E-state index in [9.17, 15) is 13.0 Å². The summed E-state index contributed by atoms with van der Waals surface area (Å²) in [5.41, 5.74) is 8.14. The average Bonchev–Trinajstić information content (AvgIpc) is 1.83. The molecule has 0 radical (unpaired) electrons. The van der Waals surface area contributed by atoms with E-state index in [2.05, 4.69) is 4.79 Å². The summed E-state index contributed by atoms with van der Waals surface area (Å²) < 4.78 is 32.6. The predicted octanol–water partition coefficient (Wildman–Crippen LogP) is -0.425. The van der Waals surface area contributed by atoms with Crippen LogP contribution >= 0.6 is 7.60 Å². The maximum absolute atomic E-state index is 11.0. The van der Waals surface area contributed by atoms with E-state index in [-0.39, 0.29) is 6.42 Å². The Balaban J connectivity index is 5.30. The van der Waals surface area contributed by atoms with Crippen molar-refractivity contribution in [1.29, 1.82) is 0 Å². The van der Waals surface area contributed by atoms with Crippen molar-refractivity contribution >= 4 is 22.2 Å². The van der Waals surface area contributed by atoms with Gasteiger partial charge in [-0.2, -0.15) is 0 Å². The van der Waals surface area contributed by atoms with Gasteiger partial charge in [-0.15, -0.1) is 4.79 Å². The van der Waals surface area contributed by atoms with Crippen LogP contribution in [0.3, 0.4) is 0 Å². The predicted molar refractivity (Wildman–Crippen MR) is 44.7 cm³/mol. The van der Waals surface area contributed by atoms with E-state index >= 15 is 0 Å². The summed E-state index contributed by atoms with van der Waals surface area (Å²) in [4.78, 5) is 17.6. The van der Waals surface area contributed by atoms with Crippen molar-refractivity contribution in [2.24, 2.45) is 0 Å². The fourth-order valence-electron chi connectivity index (χ4n) is 0.662. The summed E-state index contributed by atoms with van der Waals surface area (Å²) in [6.07, 6.45) is 0.182. The van der Waals surface area contributed by atoms with Crippen molar-refractivity contribution in [3.63, 3.8) is 0 Å². The molecule has 0 aromatic rings. The zero-order valence-electron chi connectivity index (χ0n) is 6.78. The molecule has 9 heteroatoms. The first-order valence-corrected chi connectivity index (χ1v) is 6.53. The van der Waals surface area contributed by atoms with E-state index in [0.717, 1.165) is 0 Å². The maximum atomic E-state index is 11.0. The van der Waals surface area contributed by atoms with Gasteiger partial charge in [-0.05, 0) is 6.42 Å². The van der Waals surface area contributed by atoms with Gasteiger partial charge in [0.15, 0.2) is 0 Å². The van der Waals surface area contributed by atoms with Crippen LogP contribution in [0.4, 0.5) is 0 Å². The SMILES string of the molecule is CCCS(=O)(=O)C(=[N+]=[N-])P(=O)(O)O. The molecule has 0 saturated carbocycles. The second kappa shape index (κ2) is 4.13.